The minimum atomic E-state index is -2.33. The Morgan fingerprint density at radius 1 is 1.14 bits per heavy atom. The van der Waals surface area contributed by atoms with Gasteiger partial charge in [-0.2, -0.15) is 0 Å². The molecule has 0 fully saturated rings. The molecule has 0 unspecified atom stereocenters. The van der Waals surface area contributed by atoms with Crippen molar-refractivity contribution in [2.24, 2.45) is 0 Å². The molecule has 0 amide bonds. The molecular formula is C8H7BrK2O3. The second-order valence-electron chi connectivity index (χ2n) is 1.87. The van der Waals surface area contributed by atoms with Crippen LogP contribution in [0.1, 0.15) is 5.56 Å². The average Bonchev–Trinajstić information content (AvgIpc) is 2.05. The number of carbonyl (C=O) groups is 1. The predicted octanol–water partition coefficient (Wildman–Crippen LogP) is -5.86. The first kappa shape index (κ1) is 21.5. The van der Waals surface area contributed by atoms with Gasteiger partial charge in [-0.05, 0) is 11.7 Å². The molecule has 1 rings (SSSR count). The first-order valence-electron chi connectivity index (χ1n) is 3.14. The third-order valence-corrected chi connectivity index (χ3v) is 1.64. The van der Waals surface area contributed by atoms with Crippen LogP contribution in [-0.4, -0.2) is 6.16 Å². The molecular weight excluding hydrogens is 302 g/mol. The van der Waals surface area contributed by atoms with Crippen molar-refractivity contribution >= 4 is 22.1 Å². The smallest absolute Gasteiger partial charge is 0.652 e. The minimum absolute atomic E-state index is 0. The minimum Gasteiger partial charge on any atom is -0.652 e. The van der Waals surface area contributed by atoms with Gasteiger partial charge in [0.1, 0.15) is 0 Å². The van der Waals surface area contributed by atoms with Crippen molar-refractivity contribution in [3.63, 3.8) is 0 Å². The van der Waals surface area contributed by atoms with Gasteiger partial charge >= 0.3 is 103 Å². The van der Waals surface area contributed by atoms with Crippen LogP contribution in [0.25, 0.3) is 0 Å². The van der Waals surface area contributed by atoms with E-state index in [1.54, 1.807) is 0 Å². The Morgan fingerprint density at radius 2 is 1.50 bits per heavy atom. The fraction of sp³-hybridized carbons (Fsp3) is 0.125. The molecule has 6 heteroatoms. The van der Waals surface area contributed by atoms with E-state index in [-0.39, 0.29) is 103 Å². The third kappa shape index (κ3) is 16.7. The summed E-state index contributed by atoms with van der Waals surface area (Å²) in [4.78, 5) is 8.33. The molecule has 14 heavy (non-hydrogen) atoms. The van der Waals surface area contributed by atoms with Gasteiger partial charge in [0, 0.05) is 5.33 Å². The van der Waals surface area contributed by atoms with Crippen molar-refractivity contribution in [1.82, 2.24) is 0 Å². The summed E-state index contributed by atoms with van der Waals surface area (Å²) in [6, 6.07) is 10.3. The maximum absolute atomic E-state index is 8.33. The van der Waals surface area contributed by atoms with E-state index in [9.17, 15) is 0 Å². The molecule has 0 bridgehead atoms. The Hall–Kier alpha value is 2.24. The third-order valence-electron chi connectivity index (χ3n) is 0.997. The zero-order valence-electron chi connectivity index (χ0n) is 8.20. The fourth-order valence-corrected chi connectivity index (χ4v) is 0.941. The first-order valence-corrected chi connectivity index (χ1v) is 4.27. The molecule has 0 atom stereocenters. The predicted molar refractivity (Wildman–Crippen MR) is 44.5 cm³/mol. The summed E-state index contributed by atoms with van der Waals surface area (Å²) in [6.45, 7) is 0. The van der Waals surface area contributed by atoms with Gasteiger partial charge in [0.2, 0.25) is 0 Å². The van der Waals surface area contributed by atoms with Gasteiger partial charge in [-0.3, -0.25) is 0 Å². The van der Waals surface area contributed by atoms with E-state index in [0.717, 1.165) is 5.33 Å². The number of alkyl halides is 1. The van der Waals surface area contributed by atoms with Crippen molar-refractivity contribution in [1.29, 1.82) is 0 Å². The summed E-state index contributed by atoms with van der Waals surface area (Å²) >= 11 is 3.36. The monoisotopic (exact) mass is 308 g/mol. The summed E-state index contributed by atoms with van der Waals surface area (Å²) in [5, 5.41) is 17.6. The van der Waals surface area contributed by atoms with Crippen molar-refractivity contribution in [3.8, 4) is 0 Å². The second kappa shape index (κ2) is 15.2. The van der Waals surface area contributed by atoms with Gasteiger partial charge in [-0.15, -0.1) is 0 Å². The molecule has 3 nitrogen and oxygen atoms in total. The quantitative estimate of drug-likeness (QED) is 0.383. The zero-order chi connectivity index (χ0) is 9.40. The Labute approximate surface area is 177 Å². The van der Waals surface area contributed by atoms with Crippen LogP contribution in [0.15, 0.2) is 30.3 Å². The molecule has 0 aliphatic carbocycles. The normalized spacial score (nSPS) is 6.93. The van der Waals surface area contributed by atoms with Gasteiger partial charge < -0.3 is 15.0 Å². The van der Waals surface area contributed by atoms with Gasteiger partial charge in [0.05, 0.1) is 0 Å². The van der Waals surface area contributed by atoms with Crippen molar-refractivity contribution < 1.29 is 118 Å². The van der Waals surface area contributed by atoms with E-state index >= 15 is 0 Å². The zero-order valence-corrected chi connectivity index (χ0v) is 16.0. The van der Waals surface area contributed by atoms with Crippen LogP contribution < -0.4 is 113 Å². The largest absolute Gasteiger partial charge is 1.00 e. The first-order chi connectivity index (χ1) is 5.66. The van der Waals surface area contributed by atoms with Crippen LogP contribution in [0.2, 0.25) is 0 Å². The van der Waals surface area contributed by atoms with Crippen molar-refractivity contribution in [2.45, 2.75) is 5.33 Å². The number of carboxylic acid groups (broad SMARTS) is 2. The molecule has 1 aromatic rings. The van der Waals surface area contributed by atoms with Crippen molar-refractivity contribution in [2.75, 3.05) is 0 Å². The average molecular weight is 309 g/mol. The summed E-state index contributed by atoms with van der Waals surface area (Å²) in [6.07, 6.45) is -2.33. The SMILES string of the molecule is BrCc1ccccc1.O=C([O-])[O-].[K+].[K+]. The van der Waals surface area contributed by atoms with E-state index < -0.39 is 6.16 Å². The van der Waals surface area contributed by atoms with Gasteiger partial charge in [-0.25, -0.2) is 0 Å². The molecule has 66 valence electrons. The summed E-state index contributed by atoms with van der Waals surface area (Å²) < 4.78 is 0. The second-order valence-corrected chi connectivity index (χ2v) is 2.43. The number of carbonyl (C=O) groups excluding carboxylic acids is 1. The number of rotatable bonds is 1. The topological polar surface area (TPSA) is 63.2 Å². The Kier molecular flexibility index (Phi) is 23.4. The Bertz CT molecular complexity index is 227. The van der Waals surface area contributed by atoms with E-state index in [4.69, 9.17) is 15.0 Å². The molecule has 0 saturated heterocycles. The van der Waals surface area contributed by atoms with Gasteiger partial charge in [0.25, 0.3) is 0 Å². The molecule has 0 aliphatic rings. The van der Waals surface area contributed by atoms with Crippen LogP contribution in [-0.2, 0) is 5.33 Å². The maximum Gasteiger partial charge on any atom is 1.00 e. The van der Waals surface area contributed by atoms with Crippen LogP contribution in [0.4, 0.5) is 4.79 Å². The van der Waals surface area contributed by atoms with Crippen molar-refractivity contribution in [3.05, 3.63) is 35.9 Å². The number of halogens is 1. The van der Waals surface area contributed by atoms with Crippen LogP contribution in [0.5, 0.6) is 0 Å². The maximum atomic E-state index is 8.33. The summed E-state index contributed by atoms with van der Waals surface area (Å²) in [5.74, 6) is 0. The molecule has 0 spiro atoms. The van der Waals surface area contributed by atoms with Crippen LogP contribution >= 0.6 is 15.9 Å². The fourth-order valence-electron chi connectivity index (χ4n) is 0.567. The Morgan fingerprint density at radius 3 is 1.71 bits per heavy atom. The number of hydrogen-bond acceptors (Lipinski definition) is 3. The van der Waals surface area contributed by atoms with E-state index in [2.05, 4.69) is 28.1 Å². The van der Waals surface area contributed by atoms with Crippen LogP contribution in [0.3, 0.4) is 0 Å². The molecule has 0 heterocycles. The summed E-state index contributed by atoms with van der Waals surface area (Å²) in [5.41, 5.74) is 1.33. The molecule has 0 aromatic heterocycles. The summed E-state index contributed by atoms with van der Waals surface area (Å²) in [7, 11) is 0. The number of benzene rings is 1. The number of hydrogen-bond donors (Lipinski definition) is 0. The molecule has 0 saturated carbocycles. The van der Waals surface area contributed by atoms with Gasteiger partial charge in [-0.1, -0.05) is 46.3 Å². The molecule has 0 aliphatic heterocycles. The molecule has 1 aromatic carbocycles. The molecule has 0 radical (unpaired) electrons. The van der Waals surface area contributed by atoms with Gasteiger partial charge in [0.15, 0.2) is 0 Å². The Balaban J connectivity index is -0.000000180. The standard InChI is InChI=1S/C7H7Br.CH2O3.2K/c8-6-7-4-2-1-3-5-7;2-1(3)4;;/h1-5H,6H2;(H2,2,3,4);;/q;;2*+1/p-2. The van der Waals surface area contributed by atoms with E-state index in [1.807, 2.05) is 18.2 Å². The van der Waals surface area contributed by atoms with Crippen LogP contribution in [0, 0.1) is 0 Å². The van der Waals surface area contributed by atoms with E-state index in [0.29, 0.717) is 0 Å². The van der Waals surface area contributed by atoms with E-state index in [1.165, 1.54) is 5.56 Å². The molecule has 0 N–H and O–H groups in total.